The minimum Gasteiger partial charge on any atom is -0.458 e. The Bertz CT molecular complexity index is 413. The Morgan fingerprint density at radius 2 is 1.55 bits per heavy atom. The molecule has 0 heterocycles. The fourth-order valence-corrected chi connectivity index (χ4v) is 2.49. The quantitative estimate of drug-likeness (QED) is 0.802. The smallest absolute Gasteiger partial charge is 0.408 e. The number of alkyl carbamates (subject to hydrolysis) is 1. The van der Waals surface area contributed by atoms with Gasteiger partial charge in [-0.15, -0.1) is 0 Å². The lowest BCUT2D eigenvalue weighted by Crippen LogP contribution is -2.49. The Kier molecular flexibility index (Phi) is 5.52. The van der Waals surface area contributed by atoms with Crippen molar-refractivity contribution in [3.8, 4) is 0 Å². The van der Waals surface area contributed by atoms with Gasteiger partial charge in [0.25, 0.3) is 0 Å². The molecule has 0 saturated heterocycles. The summed E-state index contributed by atoms with van der Waals surface area (Å²) in [4.78, 5) is 24.4. The molecule has 0 radical (unpaired) electrons. The van der Waals surface area contributed by atoms with Gasteiger partial charge >= 0.3 is 12.1 Å². The van der Waals surface area contributed by atoms with Gasteiger partial charge in [0.15, 0.2) is 0 Å². The first-order chi connectivity index (χ1) is 9.80. The van der Waals surface area contributed by atoms with Gasteiger partial charge < -0.3 is 14.8 Å². The minimum absolute atomic E-state index is 0.0938. The Morgan fingerprint density at radius 3 is 1.91 bits per heavy atom. The fraction of sp³-hybridized carbons (Fsp3) is 0.882. The minimum atomic E-state index is -0.667. The molecule has 22 heavy (non-hydrogen) atoms. The van der Waals surface area contributed by atoms with Gasteiger partial charge in [-0.25, -0.2) is 9.59 Å². The maximum absolute atomic E-state index is 12.4. The van der Waals surface area contributed by atoms with E-state index >= 15 is 0 Å². The summed E-state index contributed by atoms with van der Waals surface area (Å²) in [6.45, 7) is 13.0. The average Bonchev–Trinajstić information content (AvgIpc) is 2.20. The summed E-state index contributed by atoms with van der Waals surface area (Å²) < 4.78 is 10.7. The molecule has 0 aromatic rings. The summed E-state index contributed by atoms with van der Waals surface area (Å²) in [5.74, 6) is -0.397. The highest BCUT2D eigenvalue weighted by Crippen LogP contribution is 2.44. The van der Waals surface area contributed by atoms with Crippen molar-refractivity contribution in [3.63, 3.8) is 0 Å². The van der Waals surface area contributed by atoms with Gasteiger partial charge in [0.05, 0.1) is 0 Å². The molecule has 1 atom stereocenters. The molecule has 1 saturated carbocycles. The van der Waals surface area contributed by atoms with E-state index in [2.05, 4.69) is 12.2 Å². The summed E-state index contributed by atoms with van der Waals surface area (Å²) in [5.41, 5.74) is -1.08. The molecule has 5 heteroatoms. The van der Waals surface area contributed by atoms with Crippen LogP contribution in [0.2, 0.25) is 0 Å². The largest absolute Gasteiger partial charge is 0.458 e. The van der Waals surface area contributed by atoms with Crippen LogP contribution in [0.1, 0.15) is 74.1 Å². The van der Waals surface area contributed by atoms with Gasteiger partial charge in [-0.05, 0) is 66.2 Å². The maximum Gasteiger partial charge on any atom is 0.408 e. The molecule has 1 N–H and O–H groups in total. The van der Waals surface area contributed by atoms with Crippen LogP contribution in [0.5, 0.6) is 0 Å². The van der Waals surface area contributed by atoms with Crippen LogP contribution in [0.4, 0.5) is 4.79 Å². The SMILES string of the molecule is CC1(CC(NC(=O)OC(C)(C)C)C(=O)OC(C)(C)C)CCC1. The molecule has 1 aliphatic rings. The van der Waals surface area contributed by atoms with E-state index in [-0.39, 0.29) is 5.41 Å². The fourth-order valence-electron chi connectivity index (χ4n) is 2.49. The first kappa shape index (κ1) is 18.8. The van der Waals surface area contributed by atoms with Gasteiger partial charge in [-0.2, -0.15) is 0 Å². The maximum atomic E-state index is 12.4. The van der Waals surface area contributed by atoms with Crippen LogP contribution in [-0.2, 0) is 14.3 Å². The first-order valence-corrected chi connectivity index (χ1v) is 8.02. The summed E-state index contributed by atoms with van der Waals surface area (Å²) in [5, 5.41) is 2.68. The Balaban J connectivity index is 2.73. The van der Waals surface area contributed by atoms with Gasteiger partial charge in [0, 0.05) is 0 Å². The van der Waals surface area contributed by atoms with Crippen LogP contribution >= 0.6 is 0 Å². The Labute approximate surface area is 134 Å². The van der Waals surface area contributed by atoms with Crippen molar-refractivity contribution in [1.82, 2.24) is 5.32 Å². The third-order valence-electron chi connectivity index (χ3n) is 3.64. The molecule has 1 unspecified atom stereocenters. The molecule has 1 aliphatic carbocycles. The van der Waals surface area contributed by atoms with Gasteiger partial charge in [-0.1, -0.05) is 13.3 Å². The molecule has 128 valence electrons. The molecule has 5 nitrogen and oxygen atoms in total. The molecule has 0 spiro atoms. The van der Waals surface area contributed by atoms with Crippen LogP contribution in [0.3, 0.4) is 0 Å². The molecule has 1 amide bonds. The lowest BCUT2D eigenvalue weighted by atomic mass is 9.67. The number of hydrogen-bond donors (Lipinski definition) is 1. The number of carbonyl (C=O) groups is 2. The first-order valence-electron chi connectivity index (χ1n) is 8.02. The molecule has 1 rings (SSSR count). The van der Waals surface area contributed by atoms with Crippen LogP contribution in [-0.4, -0.2) is 29.3 Å². The van der Waals surface area contributed by atoms with Crippen molar-refractivity contribution in [2.75, 3.05) is 0 Å². The number of hydrogen-bond acceptors (Lipinski definition) is 4. The third-order valence-corrected chi connectivity index (χ3v) is 3.64. The van der Waals surface area contributed by atoms with Gasteiger partial charge in [0.2, 0.25) is 0 Å². The molecule has 0 aliphatic heterocycles. The van der Waals surface area contributed by atoms with E-state index in [1.165, 1.54) is 6.42 Å². The van der Waals surface area contributed by atoms with E-state index < -0.39 is 29.3 Å². The standard InChI is InChI=1S/C17H31NO4/c1-15(2,3)21-13(19)12(11-17(7)9-8-10-17)18-14(20)22-16(4,5)6/h12H,8-11H2,1-7H3,(H,18,20). The van der Waals surface area contributed by atoms with Crippen LogP contribution in [0, 0.1) is 5.41 Å². The lowest BCUT2D eigenvalue weighted by Gasteiger charge is -2.40. The molecule has 1 fully saturated rings. The van der Waals surface area contributed by atoms with E-state index in [1.807, 2.05) is 20.8 Å². The van der Waals surface area contributed by atoms with Gasteiger partial charge in [-0.3, -0.25) is 0 Å². The average molecular weight is 313 g/mol. The zero-order chi connectivity index (χ0) is 17.2. The summed E-state index contributed by atoms with van der Waals surface area (Å²) >= 11 is 0. The van der Waals surface area contributed by atoms with E-state index in [0.29, 0.717) is 6.42 Å². The third kappa shape index (κ3) is 6.67. The second-order valence-corrected chi connectivity index (χ2v) is 8.60. The van der Waals surface area contributed by atoms with Crippen molar-refractivity contribution >= 4 is 12.1 Å². The van der Waals surface area contributed by atoms with E-state index in [9.17, 15) is 9.59 Å². The second-order valence-electron chi connectivity index (χ2n) is 8.60. The van der Waals surface area contributed by atoms with Crippen LogP contribution in [0.25, 0.3) is 0 Å². The predicted octanol–water partition coefficient (Wildman–Crippen LogP) is 3.80. The number of nitrogens with one attached hydrogen (secondary N) is 1. The zero-order valence-corrected chi connectivity index (χ0v) is 15.0. The number of esters is 1. The lowest BCUT2D eigenvalue weighted by molar-refractivity contribution is -0.158. The van der Waals surface area contributed by atoms with Crippen molar-refractivity contribution in [2.45, 2.75) is 91.4 Å². The number of carbonyl (C=O) groups excluding carboxylic acids is 2. The monoisotopic (exact) mass is 313 g/mol. The van der Waals surface area contributed by atoms with Crippen LogP contribution in [0.15, 0.2) is 0 Å². The summed E-state index contributed by atoms with van der Waals surface area (Å²) in [6.07, 6.45) is 3.32. The van der Waals surface area contributed by atoms with Crippen molar-refractivity contribution in [2.24, 2.45) is 5.41 Å². The van der Waals surface area contributed by atoms with E-state index in [1.54, 1.807) is 20.8 Å². The summed E-state index contributed by atoms with van der Waals surface area (Å²) in [6, 6.07) is -0.667. The highest BCUT2D eigenvalue weighted by atomic mass is 16.6. The number of amides is 1. The zero-order valence-electron chi connectivity index (χ0n) is 15.0. The molecule has 0 aromatic carbocycles. The number of ether oxygens (including phenoxy) is 2. The van der Waals surface area contributed by atoms with E-state index in [4.69, 9.17) is 9.47 Å². The van der Waals surface area contributed by atoms with Crippen molar-refractivity contribution in [1.29, 1.82) is 0 Å². The Morgan fingerprint density at radius 1 is 1.05 bits per heavy atom. The van der Waals surface area contributed by atoms with E-state index in [0.717, 1.165) is 12.8 Å². The molecule has 0 aromatic heterocycles. The molecule has 0 bridgehead atoms. The highest BCUT2D eigenvalue weighted by Gasteiger charge is 2.39. The predicted molar refractivity (Wildman–Crippen MR) is 85.6 cm³/mol. The van der Waals surface area contributed by atoms with Crippen molar-refractivity contribution < 1.29 is 19.1 Å². The second kappa shape index (κ2) is 6.47. The van der Waals surface area contributed by atoms with Gasteiger partial charge in [0.1, 0.15) is 17.2 Å². The Hall–Kier alpha value is -1.26. The topological polar surface area (TPSA) is 64.6 Å². The number of rotatable bonds is 4. The van der Waals surface area contributed by atoms with Crippen LogP contribution < -0.4 is 5.32 Å². The molecular formula is C17H31NO4. The summed E-state index contributed by atoms with van der Waals surface area (Å²) in [7, 11) is 0. The highest BCUT2D eigenvalue weighted by molar-refractivity contribution is 5.81. The molecular weight excluding hydrogens is 282 g/mol. The van der Waals surface area contributed by atoms with Crippen molar-refractivity contribution in [3.05, 3.63) is 0 Å². The normalized spacial score (nSPS) is 18.9.